The van der Waals surface area contributed by atoms with Crippen LogP contribution in [0.25, 0.3) is 0 Å². The van der Waals surface area contributed by atoms with Gasteiger partial charge in [0.05, 0.1) is 19.3 Å². The maximum absolute atomic E-state index is 11.7. The van der Waals surface area contributed by atoms with Crippen molar-refractivity contribution in [2.45, 2.75) is 39.3 Å². The zero-order valence-corrected chi connectivity index (χ0v) is 15.9. The smallest absolute Gasteiger partial charge is 0.321 e. The first-order valence-electron chi connectivity index (χ1n) is 8.76. The van der Waals surface area contributed by atoms with Crippen LogP contribution in [0.1, 0.15) is 26.0 Å². The topological polar surface area (TPSA) is 163 Å². The number of rotatable bonds is 10. The number of aromatic amines is 1. The van der Waals surface area contributed by atoms with E-state index in [1.54, 1.807) is 6.92 Å². The van der Waals surface area contributed by atoms with Crippen LogP contribution >= 0.6 is 0 Å². The van der Waals surface area contributed by atoms with E-state index < -0.39 is 6.03 Å². The van der Waals surface area contributed by atoms with Gasteiger partial charge in [-0.2, -0.15) is 0 Å². The van der Waals surface area contributed by atoms with Gasteiger partial charge in [-0.25, -0.2) is 14.6 Å². The molecule has 0 aliphatic rings. The normalized spacial score (nSPS) is 12.7. The lowest BCUT2D eigenvalue weighted by Gasteiger charge is -2.15. The SMILES string of the molecule is Cc1cc(=O)[nH]c(NC(=O)NCCCNC(=O)NC(C)COCC(C)N)n1. The number of ether oxygens (including phenoxy) is 1. The summed E-state index contributed by atoms with van der Waals surface area (Å²) in [5, 5.41) is 10.5. The van der Waals surface area contributed by atoms with E-state index >= 15 is 0 Å². The first kappa shape index (κ1) is 22.4. The molecule has 0 fully saturated rings. The summed E-state index contributed by atoms with van der Waals surface area (Å²) in [4.78, 5) is 41.1. The zero-order chi connectivity index (χ0) is 20.2. The zero-order valence-electron chi connectivity index (χ0n) is 15.9. The first-order valence-corrected chi connectivity index (χ1v) is 8.76. The highest BCUT2D eigenvalue weighted by atomic mass is 16.5. The number of hydrogen-bond donors (Lipinski definition) is 6. The lowest BCUT2D eigenvalue weighted by atomic mass is 10.3. The molecule has 152 valence electrons. The summed E-state index contributed by atoms with van der Waals surface area (Å²) in [6.45, 7) is 6.88. The van der Waals surface area contributed by atoms with Crippen molar-refractivity contribution in [3.8, 4) is 0 Å². The average molecular weight is 383 g/mol. The molecule has 11 heteroatoms. The van der Waals surface area contributed by atoms with E-state index in [9.17, 15) is 14.4 Å². The molecule has 0 bridgehead atoms. The Morgan fingerprint density at radius 1 is 1.22 bits per heavy atom. The van der Waals surface area contributed by atoms with E-state index in [4.69, 9.17) is 10.5 Å². The van der Waals surface area contributed by atoms with Crippen molar-refractivity contribution >= 4 is 18.0 Å². The predicted octanol–water partition coefficient (Wildman–Crippen LogP) is -0.359. The Hall–Kier alpha value is -2.66. The van der Waals surface area contributed by atoms with Gasteiger partial charge in [0.2, 0.25) is 5.95 Å². The van der Waals surface area contributed by atoms with Crippen LogP contribution in [-0.2, 0) is 4.74 Å². The number of aromatic nitrogens is 2. The van der Waals surface area contributed by atoms with E-state index in [-0.39, 0.29) is 29.6 Å². The highest BCUT2D eigenvalue weighted by Gasteiger charge is 2.08. The molecule has 0 saturated heterocycles. The summed E-state index contributed by atoms with van der Waals surface area (Å²) in [7, 11) is 0. The van der Waals surface area contributed by atoms with Crippen molar-refractivity contribution in [3.63, 3.8) is 0 Å². The fourth-order valence-electron chi connectivity index (χ4n) is 2.03. The summed E-state index contributed by atoms with van der Waals surface area (Å²) in [5.74, 6) is 0.0789. The van der Waals surface area contributed by atoms with Gasteiger partial charge in [0.1, 0.15) is 0 Å². The Bertz CT molecular complexity index is 662. The number of aryl methyl sites for hydroxylation is 1. The molecule has 1 aromatic rings. The highest BCUT2D eigenvalue weighted by Crippen LogP contribution is 1.95. The van der Waals surface area contributed by atoms with Crippen LogP contribution in [0.3, 0.4) is 0 Å². The monoisotopic (exact) mass is 383 g/mol. The summed E-state index contributed by atoms with van der Waals surface area (Å²) >= 11 is 0. The van der Waals surface area contributed by atoms with Crippen molar-refractivity contribution in [1.29, 1.82) is 0 Å². The summed E-state index contributed by atoms with van der Waals surface area (Å²) in [6.07, 6.45) is 0.536. The number of amides is 4. The van der Waals surface area contributed by atoms with E-state index in [2.05, 4.69) is 31.2 Å². The molecule has 0 spiro atoms. The number of anilines is 1. The Morgan fingerprint density at radius 3 is 2.52 bits per heavy atom. The molecule has 0 radical (unpaired) electrons. The third kappa shape index (κ3) is 10.8. The Kier molecular flexibility index (Phi) is 9.83. The Balaban J connectivity index is 2.12. The van der Waals surface area contributed by atoms with E-state index in [0.717, 1.165) is 0 Å². The quantitative estimate of drug-likeness (QED) is 0.302. The standard InChI is InChI=1S/C16H29N7O4/c1-10(17)8-27-9-12(3)21-15(25)18-5-4-6-19-16(26)23-14-20-11(2)7-13(24)22-14/h7,10,12H,4-6,8-9,17H2,1-3H3,(H2,18,21,25)(H3,19,20,22,23,24,26). The van der Waals surface area contributed by atoms with Crippen LogP contribution in [0.5, 0.6) is 0 Å². The second kappa shape index (κ2) is 11.9. The molecule has 1 rings (SSSR count). The van der Waals surface area contributed by atoms with Crippen LogP contribution < -0.4 is 32.6 Å². The molecule has 0 aliphatic carbocycles. The predicted molar refractivity (Wildman–Crippen MR) is 102 cm³/mol. The molecular formula is C16H29N7O4. The van der Waals surface area contributed by atoms with Gasteiger partial charge < -0.3 is 26.4 Å². The van der Waals surface area contributed by atoms with E-state index in [1.807, 2.05) is 13.8 Å². The minimum Gasteiger partial charge on any atom is -0.378 e. The summed E-state index contributed by atoms with van der Waals surface area (Å²) in [6, 6.07) is 0.339. The van der Waals surface area contributed by atoms with Gasteiger partial charge in [0.15, 0.2) is 0 Å². The summed E-state index contributed by atoms with van der Waals surface area (Å²) in [5.41, 5.74) is 5.73. The van der Waals surface area contributed by atoms with Crippen molar-refractivity contribution in [2.24, 2.45) is 5.73 Å². The van der Waals surface area contributed by atoms with Crippen LogP contribution in [0.4, 0.5) is 15.5 Å². The molecule has 11 nitrogen and oxygen atoms in total. The maximum Gasteiger partial charge on any atom is 0.321 e. The largest absolute Gasteiger partial charge is 0.378 e. The second-order valence-corrected chi connectivity index (χ2v) is 6.29. The molecular weight excluding hydrogens is 354 g/mol. The molecule has 0 aliphatic heterocycles. The van der Waals surface area contributed by atoms with Crippen LogP contribution in [-0.4, -0.2) is 60.4 Å². The Morgan fingerprint density at radius 2 is 1.89 bits per heavy atom. The molecule has 7 N–H and O–H groups in total. The molecule has 2 unspecified atom stereocenters. The molecule has 0 aromatic carbocycles. The fourth-order valence-corrected chi connectivity index (χ4v) is 2.03. The Labute approximate surface area is 157 Å². The fraction of sp³-hybridized carbons (Fsp3) is 0.625. The molecule has 1 aromatic heterocycles. The number of nitrogens with zero attached hydrogens (tertiary/aromatic N) is 1. The molecule has 4 amide bonds. The minimum atomic E-state index is -0.492. The van der Waals surface area contributed by atoms with Gasteiger partial charge in [-0.3, -0.25) is 15.1 Å². The van der Waals surface area contributed by atoms with Crippen molar-refractivity contribution in [1.82, 2.24) is 25.9 Å². The third-order valence-corrected chi connectivity index (χ3v) is 3.15. The number of carbonyl (C=O) groups excluding carboxylic acids is 2. The van der Waals surface area contributed by atoms with Crippen LogP contribution in [0.15, 0.2) is 10.9 Å². The van der Waals surface area contributed by atoms with Gasteiger partial charge in [-0.15, -0.1) is 0 Å². The lowest BCUT2D eigenvalue weighted by molar-refractivity contribution is 0.108. The van der Waals surface area contributed by atoms with Gasteiger partial charge in [-0.1, -0.05) is 0 Å². The maximum atomic E-state index is 11.7. The average Bonchev–Trinajstić information content (AvgIpc) is 2.52. The van der Waals surface area contributed by atoms with Gasteiger partial charge >= 0.3 is 12.1 Å². The van der Waals surface area contributed by atoms with E-state index in [0.29, 0.717) is 38.4 Å². The van der Waals surface area contributed by atoms with Gasteiger partial charge in [0, 0.05) is 30.9 Å². The van der Waals surface area contributed by atoms with Crippen molar-refractivity contribution in [2.75, 3.05) is 31.6 Å². The number of nitrogens with one attached hydrogen (secondary N) is 5. The first-order chi connectivity index (χ1) is 12.8. The second-order valence-electron chi connectivity index (χ2n) is 6.29. The van der Waals surface area contributed by atoms with Crippen molar-refractivity contribution in [3.05, 3.63) is 22.1 Å². The van der Waals surface area contributed by atoms with Gasteiger partial charge in [-0.05, 0) is 27.2 Å². The third-order valence-electron chi connectivity index (χ3n) is 3.15. The van der Waals surface area contributed by atoms with Crippen molar-refractivity contribution < 1.29 is 14.3 Å². The lowest BCUT2D eigenvalue weighted by Crippen LogP contribution is -2.44. The number of H-pyrrole nitrogens is 1. The van der Waals surface area contributed by atoms with Gasteiger partial charge in [0.25, 0.3) is 5.56 Å². The molecule has 0 saturated carbocycles. The summed E-state index contributed by atoms with van der Waals surface area (Å²) < 4.78 is 5.34. The van der Waals surface area contributed by atoms with E-state index in [1.165, 1.54) is 6.07 Å². The number of urea groups is 2. The molecule has 27 heavy (non-hydrogen) atoms. The van der Waals surface area contributed by atoms with Crippen LogP contribution in [0.2, 0.25) is 0 Å². The number of carbonyl (C=O) groups is 2. The number of hydrogen-bond acceptors (Lipinski definition) is 6. The molecule has 2 atom stereocenters. The number of nitrogens with two attached hydrogens (primary N) is 1. The van der Waals surface area contributed by atoms with Crippen LogP contribution in [0, 0.1) is 6.92 Å². The highest BCUT2D eigenvalue weighted by molar-refractivity contribution is 5.87. The molecule has 1 heterocycles. The minimum absolute atomic E-state index is 0.0438.